The molecule has 0 unspecified atom stereocenters. The second-order valence-corrected chi connectivity index (χ2v) is 3.14. The first-order valence-corrected chi connectivity index (χ1v) is 4.40. The van der Waals surface area contributed by atoms with Gasteiger partial charge in [0.2, 0.25) is 5.91 Å². The number of rotatable bonds is 3. The van der Waals surface area contributed by atoms with Gasteiger partial charge in [-0.1, -0.05) is 0 Å². The predicted molar refractivity (Wildman–Crippen MR) is 46.2 cm³/mol. The molecule has 0 spiro atoms. The van der Waals surface area contributed by atoms with E-state index >= 15 is 0 Å². The number of carbonyl (C=O) groups excluding carboxylic acids is 1. The van der Waals surface area contributed by atoms with Crippen molar-refractivity contribution < 1.29 is 14.7 Å². The molecule has 1 heterocycles. The lowest BCUT2D eigenvalue weighted by molar-refractivity contribution is -0.138. The molecular weight excluding hydrogens is 172 g/mol. The molecule has 0 atom stereocenters. The summed E-state index contributed by atoms with van der Waals surface area (Å²) in [4.78, 5) is 21.5. The number of hydrogen-bond acceptors (Lipinski definition) is 3. The van der Waals surface area contributed by atoms with Crippen LogP contribution < -0.4 is 10.6 Å². The fourth-order valence-corrected chi connectivity index (χ4v) is 1.39. The molecule has 1 aliphatic heterocycles. The smallest absolute Gasteiger partial charge is 0.322 e. The number of aliphatic carboxylic acids is 1. The molecule has 1 fully saturated rings. The molecule has 0 aromatic heterocycles. The Bertz CT molecular complexity index is 200. The number of carboxylic acids is 1. The molecule has 0 radical (unpaired) electrons. The van der Waals surface area contributed by atoms with Crippen LogP contribution in [0, 0.1) is 5.92 Å². The minimum absolute atomic E-state index is 0.0133. The molecule has 1 aliphatic rings. The van der Waals surface area contributed by atoms with Crippen molar-refractivity contribution >= 4 is 11.9 Å². The van der Waals surface area contributed by atoms with Gasteiger partial charge in [0.1, 0.15) is 6.54 Å². The minimum atomic E-state index is -0.998. The SMILES string of the molecule is O=C(O)CNC(=O)C1CCNCC1. The number of nitrogens with one attached hydrogen (secondary N) is 2. The molecule has 1 amide bonds. The van der Waals surface area contributed by atoms with Gasteiger partial charge in [0, 0.05) is 5.92 Å². The first kappa shape index (κ1) is 9.98. The van der Waals surface area contributed by atoms with E-state index in [9.17, 15) is 9.59 Å². The van der Waals surface area contributed by atoms with Gasteiger partial charge in [-0.25, -0.2) is 0 Å². The van der Waals surface area contributed by atoms with Crippen molar-refractivity contribution in [2.75, 3.05) is 19.6 Å². The Morgan fingerprint density at radius 1 is 1.38 bits per heavy atom. The molecule has 0 saturated carbocycles. The van der Waals surface area contributed by atoms with Gasteiger partial charge in [-0.05, 0) is 25.9 Å². The predicted octanol–water partition coefficient (Wildman–Crippen LogP) is -0.813. The van der Waals surface area contributed by atoms with Crippen LogP contribution in [-0.4, -0.2) is 36.6 Å². The summed E-state index contributed by atoms with van der Waals surface area (Å²) in [6, 6.07) is 0. The second-order valence-electron chi connectivity index (χ2n) is 3.14. The lowest BCUT2D eigenvalue weighted by Gasteiger charge is -2.21. The van der Waals surface area contributed by atoms with Gasteiger partial charge in [0.05, 0.1) is 0 Å². The number of carboxylic acid groups (broad SMARTS) is 1. The average molecular weight is 186 g/mol. The van der Waals surface area contributed by atoms with Crippen LogP contribution in [0.15, 0.2) is 0 Å². The fraction of sp³-hybridized carbons (Fsp3) is 0.750. The average Bonchev–Trinajstić information content (AvgIpc) is 2.15. The van der Waals surface area contributed by atoms with Crippen molar-refractivity contribution in [3.05, 3.63) is 0 Å². The first-order chi connectivity index (χ1) is 6.20. The third kappa shape index (κ3) is 3.42. The quantitative estimate of drug-likeness (QED) is 0.538. The van der Waals surface area contributed by atoms with Crippen molar-refractivity contribution in [1.29, 1.82) is 0 Å². The van der Waals surface area contributed by atoms with Gasteiger partial charge in [-0.3, -0.25) is 9.59 Å². The Balaban J connectivity index is 2.25. The van der Waals surface area contributed by atoms with Crippen LogP contribution >= 0.6 is 0 Å². The van der Waals surface area contributed by atoms with E-state index in [1.165, 1.54) is 0 Å². The molecule has 13 heavy (non-hydrogen) atoms. The monoisotopic (exact) mass is 186 g/mol. The van der Waals surface area contributed by atoms with E-state index in [4.69, 9.17) is 5.11 Å². The fourth-order valence-electron chi connectivity index (χ4n) is 1.39. The third-order valence-corrected chi connectivity index (χ3v) is 2.12. The van der Waals surface area contributed by atoms with Gasteiger partial charge in [-0.2, -0.15) is 0 Å². The van der Waals surface area contributed by atoms with Crippen LogP contribution in [0.25, 0.3) is 0 Å². The minimum Gasteiger partial charge on any atom is -0.480 e. The van der Waals surface area contributed by atoms with Crippen LogP contribution in [0.2, 0.25) is 0 Å². The molecule has 0 aromatic carbocycles. The van der Waals surface area contributed by atoms with Crippen LogP contribution in [0.1, 0.15) is 12.8 Å². The van der Waals surface area contributed by atoms with Gasteiger partial charge in [0.25, 0.3) is 0 Å². The third-order valence-electron chi connectivity index (χ3n) is 2.12. The molecule has 0 aromatic rings. The van der Waals surface area contributed by atoms with Crippen LogP contribution in [0.5, 0.6) is 0 Å². The topological polar surface area (TPSA) is 78.4 Å². The van der Waals surface area contributed by atoms with E-state index in [1.54, 1.807) is 0 Å². The van der Waals surface area contributed by atoms with E-state index in [1.807, 2.05) is 0 Å². The maximum atomic E-state index is 11.3. The zero-order chi connectivity index (χ0) is 9.68. The van der Waals surface area contributed by atoms with E-state index < -0.39 is 5.97 Å². The summed E-state index contributed by atoms with van der Waals surface area (Å²) in [7, 11) is 0. The van der Waals surface area contributed by atoms with Gasteiger partial charge in [0.15, 0.2) is 0 Å². The van der Waals surface area contributed by atoms with Crippen LogP contribution in [0.3, 0.4) is 0 Å². The van der Waals surface area contributed by atoms with Gasteiger partial charge < -0.3 is 15.7 Å². The molecular formula is C8H14N2O3. The highest BCUT2D eigenvalue weighted by molar-refractivity contribution is 5.82. The van der Waals surface area contributed by atoms with Gasteiger partial charge in [-0.15, -0.1) is 0 Å². The highest BCUT2D eigenvalue weighted by atomic mass is 16.4. The summed E-state index contributed by atoms with van der Waals surface area (Å²) in [5, 5.41) is 13.9. The van der Waals surface area contributed by atoms with Crippen LogP contribution in [0.4, 0.5) is 0 Å². The Morgan fingerprint density at radius 3 is 2.54 bits per heavy atom. The van der Waals surface area contributed by atoms with E-state index in [0.717, 1.165) is 25.9 Å². The lowest BCUT2D eigenvalue weighted by Crippen LogP contribution is -2.39. The maximum absolute atomic E-state index is 11.3. The highest BCUT2D eigenvalue weighted by Gasteiger charge is 2.20. The Morgan fingerprint density at radius 2 is 2.00 bits per heavy atom. The molecule has 1 rings (SSSR count). The molecule has 1 saturated heterocycles. The lowest BCUT2D eigenvalue weighted by atomic mass is 9.97. The Hall–Kier alpha value is -1.10. The van der Waals surface area contributed by atoms with Crippen molar-refractivity contribution in [3.8, 4) is 0 Å². The normalized spacial score (nSPS) is 18.2. The second kappa shape index (κ2) is 4.81. The summed E-state index contributed by atoms with van der Waals surface area (Å²) in [6.45, 7) is 1.40. The summed E-state index contributed by atoms with van der Waals surface area (Å²) in [6.07, 6.45) is 1.59. The Kier molecular flexibility index (Phi) is 3.70. The molecule has 0 bridgehead atoms. The van der Waals surface area contributed by atoms with Crippen molar-refractivity contribution in [1.82, 2.24) is 10.6 Å². The van der Waals surface area contributed by atoms with Crippen LogP contribution in [-0.2, 0) is 9.59 Å². The maximum Gasteiger partial charge on any atom is 0.322 e. The summed E-state index contributed by atoms with van der Waals surface area (Å²) in [5.74, 6) is -1.15. The number of hydrogen-bond donors (Lipinski definition) is 3. The number of amides is 1. The number of carbonyl (C=O) groups is 2. The summed E-state index contributed by atoms with van der Waals surface area (Å²) in [5.41, 5.74) is 0. The highest BCUT2D eigenvalue weighted by Crippen LogP contribution is 2.10. The van der Waals surface area contributed by atoms with E-state index in [0.29, 0.717) is 0 Å². The zero-order valence-electron chi connectivity index (χ0n) is 7.38. The summed E-state index contributed by atoms with van der Waals surface area (Å²) < 4.78 is 0. The van der Waals surface area contributed by atoms with Gasteiger partial charge >= 0.3 is 5.97 Å². The molecule has 5 heteroatoms. The zero-order valence-corrected chi connectivity index (χ0v) is 7.38. The summed E-state index contributed by atoms with van der Waals surface area (Å²) >= 11 is 0. The standard InChI is InChI=1S/C8H14N2O3/c11-7(12)5-10-8(13)6-1-3-9-4-2-6/h6,9H,1-5H2,(H,10,13)(H,11,12). The van der Waals surface area contributed by atoms with Crippen molar-refractivity contribution in [2.45, 2.75) is 12.8 Å². The molecule has 74 valence electrons. The number of piperidine rings is 1. The molecule has 3 N–H and O–H groups in total. The van der Waals surface area contributed by atoms with Crippen molar-refractivity contribution in [3.63, 3.8) is 0 Å². The van der Waals surface area contributed by atoms with E-state index in [-0.39, 0.29) is 18.4 Å². The molecule has 5 nitrogen and oxygen atoms in total. The first-order valence-electron chi connectivity index (χ1n) is 4.40. The molecule has 0 aliphatic carbocycles. The van der Waals surface area contributed by atoms with Crippen molar-refractivity contribution in [2.24, 2.45) is 5.92 Å². The largest absolute Gasteiger partial charge is 0.480 e. The van der Waals surface area contributed by atoms with E-state index in [2.05, 4.69) is 10.6 Å². The Labute approximate surface area is 76.5 Å².